The van der Waals surface area contributed by atoms with E-state index >= 15 is 0 Å². The fourth-order valence-electron chi connectivity index (χ4n) is 4.18. The van der Waals surface area contributed by atoms with Gasteiger partial charge in [-0.05, 0) is 34.5 Å². The molecule has 4 aromatic rings. The first-order valence-electron chi connectivity index (χ1n) is 11.7. The van der Waals surface area contributed by atoms with Crippen molar-refractivity contribution < 1.29 is 14.2 Å². The molecular weight excluding hydrogens is 448 g/mol. The van der Waals surface area contributed by atoms with Gasteiger partial charge in [0.2, 0.25) is 0 Å². The third-order valence-electron chi connectivity index (χ3n) is 6.02. The molecule has 10 nitrogen and oxygen atoms in total. The Hall–Kier alpha value is -3.76. The van der Waals surface area contributed by atoms with Crippen LogP contribution in [0.1, 0.15) is 17.0 Å². The number of benzene rings is 2. The maximum atomic E-state index is 13.0. The van der Waals surface area contributed by atoms with Gasteiger partial charge >= 0.3 is 0 Å². The number of fused-ring (bicyclic) bond motifs is 2. The maximum Gasteiger partial charge on any atom is 0.252 e. The molecule has 0 bridgehead atoms. The number of nitrogens with one attached hydrogen (secondary N) is 1. The third kappa shape index (κ3) is 5.50. The molecule has 0 fully saturated rings. The summed E-state index contributed by atoms with van der Waals surface area (Å²) in [5, 5.41) is 13.0. The number of nitrogens with zero attached hydrogens (tertiary/aromatic N) is 5. The molecule has 0 radical (unpaired) electrons. The number of hydrogen-bond acceptors (Lipinski definition) is 8. The van der Waals surface area contributed by atoms with Crippen LogP contribution < -0.4 is 15.0 Å². The normalized spacial score (nSPS) is 13.0. The molecular formula is C25H28N6O4. The lowest BCUT2D eigenvalue weighted by atomic mass is 10.1. The molecule has 2 aromatic heterocycles. The first-order valence-corrected chi connectivity index (χ1v) is 11.7. The van der Waals surface area contributed by atoms with Gasteiger partial charge in [0.1, 0.15) is 13.2 Å². The number of ether oxygens (including phenoxy) is 3. The fourth-order valence-corrected chi connectivity index (χ4v) is 4.18. The van der Waals surface area contributed by atoms with E-state index in [9.17, 15) is 4.79 Å². The summed E-state index contributed by atoms with van der Waals surface area (Å²) in [5.74, 6) is 2.08. The lowest BCUT2D eigenvalue weighted by Crippen LogP contribution is -2.30. The summed E-state index contributed by atoms with van der Waals surface area (Å²) in [4.78, 5) is 18.2. The number of hydrogen-bond donors (Lipinski definition) is 1. The summed E-state index contributed by atoms with van der Waals surface area (Å²) in [6.07, 6.45) is 0.838. The van der Waals surface area contributed by atoms with Crippen LogP contribution in [0.4, 0.5) is 0 Å². The third-order valence-corrected chi connectivity index (χ3v) is 6.02. The topological polar surface area (TPSA) is 107 Å². The first-order chi connectivity index (χ1) is 17.2. The van der Waals surface area contributed by atoms with E-state index in [1.165, 1.54) is 5.56 Å². The van der Waals surface area contributed by atoms with Crippen molar-refractivity contribution in [1.82, 2.24) is 30.1 Å². The molecule has 182 valence electrons. The number of H-pyrrole nitrogens is 1. The van der Waals surface area contributed by atoms with Gasteiger partial charge in [-0.1, -0.05) is 30.3 Å². The molecule has 0 saturated carbocycles. The van der Waals surface area contributed by atoms with Gasteiger partial charge in [0.25, 0.3) is 5.56 Å². The minimum atomic E-state index is -0.127. The van der Waals surface area contributed by atoms with Crippen LogP contribution in [0.3, 0.4) is 0 Å². The van der Waals surface area contributed by atoms with Gasteiger partial charge < -0.3 is 19.2 Å². The van der Waals surface area contributed by atoms with Crippen LogP contribution in [0.2, 0.25) is 0 Å². The van der Waals surface area contributed by atoms with E-state index in [4.69, 9.17) is 14.2 Å². The summed E-state index contributed by atoms with van der Waals surface area (Å²) < 4.78 is 18.3. The molecule has 0 unspecified atom stereocenters. The molecule has 1 aliphatic rings. The molecule has 0 amide bonds. The van der Waals surface area contributed by atoms with Crippen molar-refractivity contribution in [3.8, 4) is 11.5 Å². The minimum Gasteiger partial charge on any atom is -0.486 e. The Labute approximate surface area is 202 Å². The highest BCUT2D eigenvalue weighted by Gasteiger charge is 2.17. The molecule has 0 aliphatic carbocycles. The van der Waals surface area contributed by atoms with Crippen molar-refractivity contribution >= 4 is 10.9 Å². The van der Waals surface area contributed by atoms with Crippen molar-refractivity contribution in [3.63, 3.8) is 0 Å². The van der Waals surface area contributed by atoms with E-state index in [0.29, 0.717) is 56.5 Å². The second kappa shape index (κ2) is 10.7. The molecule has 0 saturated heterocycles. The zero-order chi connectivity index (χ0) is 24.0. The molecule has 2 aromatic carbocycles. The number of aromatic nitrogens is 5. The predicted molar refractivity (Wildman–Crippen MR) is 130 cm³/mol. The van der Waals surface area contributed by atoms with Crippen LogP contribution in [0.15, 0.2) is 53.3 Å². The van der Waals surface area contributed by atoms with Crippen LogP contribution >= 0.6 is 0 Å². The van der Waals surface area contributed by atoms with E-state index in [2.05, 4.69) is 37.5 Å². The Balaban J connectivity index is 1.41. The summed E-state index contributed by atoms with van der Waals surface area (Å²) >= 11 is 0. The van der Waals surface area contributed by atoms with E-state index in [1.54, 1.807) is 11.8 Å². The molecule has 10 heteroatoms. The Morgan fingerprint density at radius 3 is 2.69 bits per heavy atom. The van der Waals surface area contributed by atoms with E-state index in [-0.39, 0.29) is 5.56 Å². The number of rotatable bonds is 10. The zero-order valence-electron chi connectivity index (χ0n) is 19.6. The van der Waals surface area contributed by atoms with E-state index in [1.807, 2.05) is 36.4 Å². The zero-order valence-corrected chi connectivity index (χ0v) is 19.6. The average Bonchev–Trinajstić information content (AvgIpc) is 3.32. The highest BCUT2D eigenvalue weighted by molar-refractivity contribution is 5.83. The number of methoxy groups -OCH3 is 1. The van der Waals surface area contributed by atoms with Gasteiger partial charge in [-0.15, -0.1) is 5.10 Å². The van der Waals surface area contributed by atoms with Crippen molar-refractivity contribution in [2.75, 3.05) is 33.5 Å². The van der Waals surface area contributed by atoms with Gasteiger partial charge in [-0.25, -0.2) is 4.68 Å². The summed E-state index contributed by atoms with van der Waals surface area (Å²) in [6.45, 7) is 3.78. The number of aromatic amines is 1. The monoisotopic (exact) mass is 476 g/mol. The van der Waals surface area contributed by atoms with Crippen LogP contribution in [0, 0.1) is 0 Å². The average molecular weight is 477 g/mol. The molecule has 1 N–H and O–H groups in total. The molecule has 35 heavy (non-hydrogen) atoms. The number of pyridine rings is 1. The Morgan fingerprint density at radius 1 is 1.09 bits per heavy atom. The van der Waals surface area contributed by atoms with Crippen LogP contribution in [-0.4, -0.2) is 63.6 Å². The Kier molecular flexibility index (Phi) is 7.01. The molecule has 0 atom stereocenters. The Bertz CT molecular complexity index is 1340. The Morgan fingerprint density at radius 2 is 1.89 bits per heavy atom. The van der Waals surface area contributed by atoms with Gasteiger partial charge in [0.15, 0.2) is 17.3 Å². The summed E-state index contributed by atoms with van der Waals surface area (Å²) in [7, 11) is 1.65. The molecule has 0 spiro atoms. The lowest BCUT2D eigenvalue weighted by molar-refractivity contribution is 0.172. The maximum absolute atomic E-state index is 13.0. The van der Waals surface area contributed by atoms with Crippen molar-refractivity contribution in [3.05, 3.63) is 75.8 Å². The van der Waals surface area contributed by atoms with Gasteiger partial charge in [-0.2, -0.15) is 0 Å². The predicted octanol–water partition coefficient (Wildman–Crippen LogP) is 2.18. The number of tetrazole rings is 1. The van der Waals surface area contributed by atoms with Crippen LogP contribution in [0.5, 0.6) is 11.5 Å². The van der Waals surface area contributed by atoms with Crippen molar-refractivity contribution in [1.29, 1.82) is 0 Å². The molecule has 5 rings (SSSR count). The van der Waals surface area contributed by atoms with Crippen LogP contribution in [0.25, 0.3) is 10.9 Å². The SMILES string of the molecule is COCCn1nnnc1CN(CCc1ccccc1)Cc1cc2cc3c(cc2[nH]c1=O)OCCO3. The van der Waals surface area contributed by atoms with E-state index in [0.717, 1.165) is 29.7 Å². The lowest BCUT2D eigenvalue weighted by Gasteiger charge is -2.22. The first kappa shape index (κ1) is 23.0. The van der Waals surface area contributed by atoms with Crippen molar-refractivity contribution in [2.45, 2.75) is 26.1 Å². The second-order valence-corrected chi connectivity index (χ2v) is 8.46. The van der Waals surface area contributed by atoms with Crippen molar-refractivity contribution in [2.24, 2.45) is 0 Å². The highest BCUT2D eigenvalue weighted by atomic mass is 16.6. The van der Waals surface area contributed by atoms with Gasteiger partial charge in [-0.3, -0.25) is 9.69 Å². The van der Waals surface area contributed by atoms with E-state index < -0.39 is 0 Å². The second-order valence-electron chi connectivity index (χ2n) is 8.46. The fraction of sp³-hybridized carbons (Fsp3) is 0.360. The van der Waals surface area contributed by atoms with Gasteiger partial charge in [0.05, 0.1) is 25.2 Å². The summed E-state index contributed by atoms with van der Waals surface area (Å²) in [6, 6.07) is 16.0. The molecule has 1 aliphatic heterocycles. The smallest absolute Gasteiger partial charge is 0.252 e. The molecule has 3 heterocycles. The van der Waals surface area contributed by atoms with Gasteiger partial charge in [0, 0.05) is 37.2 Å². The minimum absolute atomic E-state index is 0.127. The standard InChI is InChI=1S/C25H28N6O4/c1-33-10-9-31-24(27-28-29-31)17-30(8-7-18-5-3-2-4-6-18)16-20-13-19-14-22-23(35-12-11-34-22)15-21(19)26-25(20)32/h2-6,13-15H,7-12,16-17H2,1H3,(H,26,32). The largest absolute Gasteiger partial charge is 0.486 e. The van der Waals surface area contributed by atoms with Crippen LogP contribution in [-0.2, 0) is 30.8 Å². The quantitative estimate of drug-likeness (QED) is 0.371. The summed E-state index contributed by atoms with van der Waals surface area (Å²) in [5.41, 5.74) is 2.49. The highest BCUT2D eigenvalue weighted by Crippen LogP contribution is 2.33.